The van der Waals surface area contributed by atoms with Crippen LogP contribution in [0, 0.1) is 0 Å². The lowest BCUT2D eigenvalue weighted by molar-refractivity contribution is 0.171. The van der Waals surface area contributed by atoms with Gasteiger partial charge in [-0.05, 0) is 30.0 Å². The lowest BCUT2D eigenvalue weighted by atomic mass is 10.2. The summed E-state index contributed by atoms with van der Waals surface area (Å²) in [5, 5.41) is 2.45. The predicted octanol–water partition coefficient (Wildman–Crippen LogP) is 3.39. The van der Waals surface area contributed by atoms with Crippen molar-refractivity contribution in [2.75, 3.05) is 32.1 Å². The van der Waals surface area contributed by atoms with Gasteiger partial charge in [-0.15, -0.1) is 11.3 Å². The molecule has 2 aromatic rings. The number of ether oxygens (including phenoxy) is 2. The number of sulfonamides is 1. The van der Waals surface area contributed by atoms with Gasteiger partial charge >= 0.3 is 0 Å². The molecule has 2 aliphatic heterocycles. The number of benzene rings is 1. The van der Waals surface area contributed by atoms with E-state index in [2.05, 4.69) is 17.5 Å². The molecule has 1 aromatic heterocycles. The zero-order valence-corrected chi connectivity index (χ0v) is 16.0. The second-order valence-corrected chi connectivity index (χ2v) is 10.1. The summed E-state index contributed by atoms with van der Waals surface area (Å²) >= 11 is 3.58. The summed E-state index contributed by atoms with van der Waals surface area (Å²) in [6.45, 7) is 2.00. The van der Waals surface area contributed by atoms with Crippen molar-refractivity contribution in [1.82, 2.24) is 4.31 Å². The summed E-state index contributed by atoms with van der Waals surface area (Å²) in [7, 11) is -3.52. The minimum Gasteiger partial charge on any atom is -0.486 e. The van der Waals surface area contributed by atoms with Crippen molar-refractivity contribution < 1.29 is 17.9 Å². The van der Waals surface area contributed by atoms with Gasteiger partial charge < -0.3 is 9.47 Å². The van der Waals surface area contributed by atoms with Gasteiger partial charge in [0.1, 0.15) is 13.2 Å². The first-order valence-electron chi connectivity index (χ1n) is 8.19. The summed E-state index contributed by atoms with van der Waals surface area (Å²) in [5.74, 6) is 1.91. The first-order valence-corrected chi connectivity index (χ1v) is 11.6. The Morgan fingerprint density at radius 3 is 2.72 bits per heavy atom. The molecule has 1 saturated heterocycles. The lowest BCUT2D eigenvalue weighted by Crippen LogP contribution is -2.33. The molecular weight excluding hydrogens is 378 g/mol. The van der Waals surface area contributed by atoms with Crippen LogP contribution in [-0.4, -0.2) is 44.8 Å². The largest absolute Gasteiger partial charge is 0.486 e. The molecule has 0 radical (unpaired) electrons. The van der Waals surface area contributed by atoms with Crippen LogP contribution in [0.2, 0.25) is 0 Å². The van der Waals surface area contributed by atoms with Gasteiger partial charge in [0, 0.05) is 35.0 Å². The molecule has 4 rings (SSSR count). The average Bonchev–Trinajstić information content (AvgIpc) is 3.05. The Balaban J connectivity index is 1.54. The van der Waals surface area contributed by atoms with Gasteiger partial charge in [-0.3, -0.25) is 0 Å². The van der Waals surface area contributed by atoms with Crippen LogP contribution in [0.25, 0.3) is 0 Å². The standard InChI is InChI=1S/C17H19NO4S3/c19-25(20,13-3-4-14-15(12-13)22-9-8-21-14)18-6-5-17(24-11-7-18)16-2-1-10-23-16/h1-4,10,12,17H,5-9,11H2. The Hall–Kier alpha value is -1.22. The maximum atomic E-state index is 13.0. The third-order valence-electron chi connectivity index (χ3n) is 4.31. The van der Waals surface area contributed by atoms with Crippen molar-refractivity contribution >= 4 is 33.1 Å². The second kappa shape index (κ2) is 7.19. The van der Waals surface area contributed by atoms with Crippen LogP contribution in [0.5, 0.6) is 11.5 Å². The van der Waals surface area contributed by atoms with E-state index in [1.54, 1.807) is 33.8 Å². The third kappa shape index (κ3) is 3.53. The van der Waals surface area contributed by atoms with Crippen LogP contribution in [-0.2, 0) is 10.0 Å². The molecule has 1 unspecified atom stereocenters. The Kier molecular flexibility index (Phi) is 4.95. The summed E-state index contributed by atoms with van der Waals surface area (Å²) in [5.41, 5.74) is 0. The van der Waals surface area contributed by atoms with E-state index in [4.69, 9.17) is 9.47 Å². The Bertz CT molecular complexity index is 836. The zero-order valence-electron chi connectivity index (χ0n) is 13.6. The normalized spacial score (nSPS) is 21.7. The Morgan fingerprint density at radius 1 is 1.08 bits per heavy atom. The van der Waals surface area contributed by atoms with Crippen LogP contribution in [0.4, 0.5) is 0 Å². The fraction of sp³-hybridized carbons (Fsp3) is 0.412. The third-order valence-corrected chi connectivity index (χ3v) is 8.65. The van der Waals surface area contributed by atoms with Crippen molar-refractivity contribution in [3.63, 3.8) is 0 Å². The molecule has 2 aliphatic rings. The topological polar surface area (TPSA) is 55.8 Å². The maximum Gasteiger partial charge on any atom is 0.243 e. The van der Waals surface area contributed by atoms with Crippen LogP contribution in [0.15, 0.2) is 40.6 Å². The number of rotatable bonds is 3. The van der Waals surface area contributed by atoms with Crippen molar-refractivity contribution in [2.24, 2.45) is 0 Å². The Labute approximate surface area is 156 Å². The second-order valence-electron chi connectivity index (χ2n) is 5.87. The van der Waals surface area contributed by atoms with Crippen molar-refractivity contribution in [2.45, 2.75) is 16.6 Å². The molecule has 0 amide bonds. The van der Waals surface area contributed by atoms with E-state index in [9.17, 15) is 8.42 Å². The van der Waals surface area contributed by atoms with Crippen LogP contribution < -0.4 is 9.47 Å². The van der Waals surface area contributed by atoms with E-state index in [-0.39, 0.29) is 4.90 Å². The van der Waals surface area contributed by atoms with Crippen LogP contribution >= 0.6 is 23.1 Å². The molecule has 1 aromatic carbocycles. The number of thiophene rings is 1. The van der Waals surface area contributed by atoms with E-state index in [0.29, 0.717) is 43.1 Å². The minimum absolute atomic E-state index is 0.274. The molecule has 0 N–H and O–H groups in total. The van der Waals surface area contributed by atoms with Crippen molar-refractivity contribution in [3.8, 4) is 11.5 Å². The van der Waals surface area contributed by atoms with E-state index >= 15 is 0 Å². The van der Waals surface area contributed by atoms with Gasteiger partial charge in [0.15, 0.2) is 11.5 Å². The summed E-state index contributed by atoms with van der Waals surface area (Å²) in [6.07, 6.45) is 0.828. The van der Waals surface area contributed by atoms with E-state index < -0.39 is 10.0 Å². The maximum absolute atomic E-state index is 13.0. The number of fused-ring (bicyclic) bond motifs is 1. The van der Waals surface area contributed by atoms with Gasteiger partial charge in [0.25, 0.3) is 0 Å². The smallest absolute Gasteiger partial charge is 0.243 e. The van der Waals surface area contributed by atoms with Gasteiger partial charge in [0.2, 0.25) is 10.0 Å². The number of hydrogen-bond acceptors (Lipinski definition) is 6. The molecule has 0 spiro atoms. The highest BCUT2D eigenvalue weighted by Gasteiger charge is 2.29. The van der Waals surface area contributed by atoms with Gasteiger partial charge in [-0.1, -0.05) is 6.07 Å². The first-order chi connectivity index (χ1) is 12.1. The summed E-state index contributed by atoms with van der Waals surface area (Å²) < 4.78 is 38.7. The molecule has 25 heavy (non-hydrogen) atoms. The Morgan fingerprint density at radius 2 is 1.92 bits per heavy atom. The zero-order chi connectivity index (χ0) is 17.3. The molecule has 3 heterocycles. The molecule has 0 bridgehead atoms. The van der Waals surface area contributed by atoms with Gasteiger partial charge in [-0.25, -0.2) is 8.42 Å². The molecule has 0 aliphatic carbocycles. The molecule has 1 atom stereocenters. The van der Waals surface area contributed by atoms with E-state index in [0.717, 1.165) is 12.2 Å². The summed E-state index contributed by atoms with van der Waals surface area (Å²) in [6, 6.07) is 9.06. The van der Waals surface area contributed by atoms with Gasteiger partial charge in [-0.2, -0.15) is 16.1 Å². The first kappa shape index (κ1) is 17.2. The highest BCUT2D eigenvalue weighted by atomic mass is 32.2. The van der Waals surface area contributed by atoms with Gasteiger partial charge in [0.05, 0.1) is 4.90 Å². The highest BCUT2D eigenvalue weighted by Crippen LogP contribution is 2.38. The van der Waals surface area contributed by atoms with Crippen molar-refractivity contribution in [1.29, 1.82) is 0 Å². The monoisotopic (exact) mass is 397 g/mol. The molecule has 0 saturated carbocycles. The molecule has 134 valence electrons. The number of nitrogens with zero attached hydrogens (tertiary/aromatic N) is 1. The number of thioether (sulfide) groups is 1. The SMILES string of the molecule is O=S(=O)(c1ccc2c(c1)OCCO2)N1CCSC(c2cccs2)CC1. The quantitative estimate of drug-likeness (QED) is 0.795. The van der Waals surface area contributed by atoms with Crippen LogP contribution in [0.1, 0.15) is 16.5 Å². The van der Waals surface area contributed by atoms with E-state index in [1.165, 1.54) is 4.88 Å². The molecular formula is C17H19NO4S3. The predicted molar refractivity (Wildman–Crippen MR) is 100 cm³/mol. The fourth-order valence-corrected chi connectivity index (χ4v) is 6.85. The van der Waals surface area contributed by atoms with Crippen molar-refractivity contribution in [3.05, 3.63) is 40.6 Å². The molecule has 1 fully saturated rings. The molecule has 5 nitrogen and oxygen atoms in total. The highest BCUT2D eigenvalue weighted by molar-refractivity contribution is 7.99. The van der Waals surface area contributed by atoms with E-state index in [1.807, 2.05) is 11.8 Å². The number of hydrogen-bond donors (Lipinski definition) is 0. The molecule has 8 heteroatoms. The lowest BCUT2D eigenvalue weighted by Gasteiger charge is -2.22. The fourth-order valence-electron chi connectivity index (χ4n) is 3.03. The summed E-state index contributed by atoms with van der Waals surface area (Å²) in [4.78, 5) is 1.60. The minimum atomic E-state index is -3.52. The van der Waals surface area contributed by atoms with Crippen LogP contribution in [0.3, 0.4) is 0 Å². The average molecular weight is 398 g/mol.